The highest BCUT2D eigenvalue weighted by molar-refractivity contribution is 6.54. The van der Waals surface area contributed by atoms with Crippen molar-refractivity contribution in [1.82, 2.24) is 4.98 Å². The molecule has 0 unspecified atom stereocenters. The molecular weight excluding hydrogens is 402 g/mol. The number of hydrogen-bond donors (Lipinski definition) is 0. The molecule has 3 nitrogen and oxygen atoms in total. The van der Waals surface area contributed by atoms with E-state index in [1.54, 1.807) is 0 Å². The molecule has 0 spiro atoms. The van der Waals surface area contributed by atoms with Crippen LogP contribution in [0.3, 0.4) is 0 Å². The van der Waals surface area contributed by atoms with Crippen LogP contribution >= 0.6 is 0 Å². The van der Waals surface area contributed by atoms with Crippen LogP contribution in [0.4, 0.5) is 0 Å². The number of hydrogen-bond acceptors (Lipinski definition) is 3. The summed E-state index contributed by atoms with van der Waals surface area (Å²) in [6.07, 6.45) is 0. The van der Waals surface area contributed by atoms with Crippen molar-refractivity contribution < 1.29 is 0 Å². The van der Waals surface area contributed by atoms with Gasteiger partial charge < -0.3 is 0 Å². The van der Waals surface area contributed by atoms with E-state index in [1.165, 1.54) is 0 Å². The van der Waals surface area contributed by atoms with Gasteiger partial charge in [0, 0.05) is 22.1 Å². The molecule has 0 atom stereocenters. The fraction of sp³-hybridized carbons (Fsp3) is 0.0333. The average Bonchev–Trinajstić information content (AvgIpc) is 3.32. The molecule has 6 rings (SSSR count). The number of fused-ring (bicyclic) bond motifs is 1. The maximum atomic E-state index is 5.35. The normalized spacial score (nSPS) is 14.7. The predicted molar refractivity (Wildman–Crippen MR) is 135 cm³/mol. The van der Waals surface area contributed by atoms with Crippen molar-refractivity contribution in [1.29, 1.82) is 0 Å². The molecule has 1 aromatic heterocycles. The number of aliphatic imine (C=N–C) groups is 2. The van der Waals surface area contributed by atoms with Crippen molar-refractivity contribution in [3.8, 4) is 0 Å². The van der Waals surface area contributed by atoms with Gasteiger partial charge in [-0.15, -0.1) is 0 Å². The van der Waals surface area contributed by atoms with Gasteiger partial charge in [-0.1, -0.05) is 115 Å². The Morgan fingerprint density at radius 1 is 0.455 bits per heavy atom. The smallest absolute Gasteiger partial charge is 0.219 e. The highest BCUT2D eigenvalue weighted by atomic mass is 15.2. The van der Waals surface area contributed by atoms with Gasteiger partial charge in [-0.25, -0.2) is 15.0 Å². The first-order valence-corrected chi connectivity index (χ1v) is 11.1. The first-order valence-electron chi connectivity index (χ1n) is 11.1. The second kappa shape index (κ2) is 7.95. The van der Waals surface area contributed by atoms with Crippen LogP contribution in [0.5, 0.6) is 0 Å². The quantitative estimate of drug-likeness (QED) is 0.328. The van der Waals surface area contributed by atoms with Crippen LogP contribution in [0.15, 0.2) is 137 Å². The molecule has 0 saturated heterocycles. The largest absolute Gasteiger partial charge is 0.248 e. The lowest BCUT2D eigenvalue weighted by Gasteiger charge is -2.23. The number of benzene rings is 4. The lowest BCUT2D eigenvalue weighted by molar-refractivity contribution is 0.571. The molecule has 0 radical (unpaired) electrons. The second-order valence-electron chi connectivity index (χ2n) is 8.08. The third-order valence-electron chi connectivity index (χ3n) is 6.00. The van der Waals surface area contributed by atoms with E-state index in [1.807, 2.05) is 72.8 Å². The molecule has 33 heavy (non-hydrogen) atoms. The first-order chi connectivity index (χ1) is 16.3. The Morgan fingerprint density at radius 2 is 0.970 bits per heavy atom. The Morgan fingerprint density at radius 3 is 1.58 bits per heavy atom. The summed E-state index contributed by atoms with van der Waals surface area (Å²) in [4.78, 5) is 15.7. The van der Waals surface area contributed by atoms with E-state index < -0.39 is 5.66 Å². The Bertz CT molecular complexity index is 1430. The lowest BCUT2D eigenvalue weighted by Crippen LogP contribution is -2.22. The highest BCUT2D eigenvalue weighted by Crippen LogP contribution is 2.40. The minimum absolute atomic E-state index is 0.812. The minimum Gasteiger partial charge on any atom is -0.248 e. The van der Waals surface area contributed by atoms with E-state index in [0.717, 1.165) is 44.7 Å². The van der Waals surface area contributed by atoms with E-state index in [-0.39, 0.29) is 0 Å². The summed E-state index contributed by atoms with van der Waals surface area (Å²) >= 11 is 0. The van der Waals surface area contributed by atoms with Crippen molar-refractivity contribution in [2.45, 2.75) is 5.66 Å². The molecule has 0 fully saturated rings. The Balaban J connectivity index is 1.66. The molecular formula is C30H21N3. The van der Waals surface area contributed by atoms with E-state index in [0.29, 0.717) is 0 Å². The second-order valence-corrected chi connectivity index (χ2v) is 8.08. The third kappa shape index (κ3) is 3.35. The fourth-order valence-electron chi connectivity index (χ4n) is 4.37. The molecule has 0 amide bonds. The number of aromatic nitrogens is 1. The van der Waals surface area contributed by atoms with E-state index in [2.05, 4.69) is 54.6 Å². The van der Waals surface area contributed by atoms with Crippen LogP contribution in [0, 0.1) is 0 Å². The van der Waals surface area contributed by atoms with Gasteiger partial charge in [-0.05, 0) is 12.1 Å². The van der Waals surface area contributed by atoms with Gasteiger partial charge in [0.15, 0.2) is 0 Å². The molecule has 4 aromatic carbocycles. The van der Waals surface area contributed by atoms with E-state index in [4.69, 9.17) is 15.0 Å². The SMILES string of the molecule is c1ccc(C2=NC(c3ccccc3)(c3ccc4ccccc4n3)N=C2c2ccccc2)cc1. The first kappa shape index (κ1) is 19.3. The van der Waals surface area contributed by atoms with Crippen LogP contribution in [-0.4, -0.2) is 16.4 Å². The summed E-state index contributed by atoms with van der Waals surface area (Å²) in [5.74, 6) is 0. The van der Waals surface area contributed by atoms with Crippen LogP contribution in [0.2, 0.25) is 0 Å². The number of rotatable bonds is 4. The van der Waals surface area contributed by atoms with Crippen molar-refractivity contribution >= 4 is 22.3 Å². The average molecular weight is 424 g/mol. The standard InChI is InChI=1S/C30H21N3/c1-4-13-23(14-5-1)28-29(24-15-6-2-7-16-24)33-30(32-28,25-17-8-3-9-18-25)27-21-20-22-12-10-11-19-26(22)31-27/h1-21H. The maximum absolute atomic E-state index is 5.35. The zero-order valence-corrected chi connectivity index (χ0v) is 18.0. The third-order valence-corrected chi connectivity index (χ3v) is 6.00. The van der Waals surface area contributed by atoms with Crippen LogP contribution in [-0.2, 0) is 5.66 Å². The van der Waals surface area contributed by atoms with Crippen molar-refractivity contribution in [2.75, 3.05) is 0 Å². The van der Waals surface area contributed by atoms with Gasteiger partial charge in [-0.3, -0.25) is 0 Å². The molecule has 0 saturated carbocycles. The topological polar surface area (TPSA) is 37.6 Å². The van der Waals surface area contributed by atoms with Crippen LogP contribution in [0.1, 0.15) is 22.4 Å². The molecule has 0 N–H and O–H groups in total. The molecule has 5 aromatic rings. The molecule has 156 valence electrons. The molecule has 0 bridgehead atoms. The van der Waals surface area contributed by atoms with Gasteiger partial charge in [-0.2, -0.15) is 0 Å². The molecule has 1 aliphatic heterocycles. The molecule has 0 aliphatic carbocycles. The van der Waals surface area contributed by atoms with Crippen LogP contribution in [0.25, 0.3) is 10.9 Å². The van der Waals surface area contributed by atoms with Crippen molar-refractivity contribution in [3.63, 3.8) is 0 Å². The Hall–Kier alpha value is -4.37. The zero-order chi connectivity index (χ0) is 22.1. The van der Waals surface area contributed by atoms with Crippen molar-refractivity contribution in [2.24, 2.45) is 9.98 Å². The molecule has 2 heterocycles. The Kier molecular flexibility index (Phi) is 4.66. The fourth-order valence-corrected chi connectivity index (χ4v) is 4.37. The number of pyridine rings is 1. The van der Waals surface area contributed by atoms with Gasteiger partial charge in [0.25, 0.3) is 0 Å². The van der Waals surface area contributed by atoms with Crippen LogP contribution < -0.4 is 0 Å². The summed E-state index contributed by atoms with van der Waals surface area (Å²) in [5.41, 5.74) is 5.62. The maximum Gasteiger partial charge on any atom is 0.219 e. The summed E-state index contributed by atoms with van der Waals surface area (Å²) in [6.45, 7) is 0. The lowest BCUT2D eigenvalue weighted by atomic mass is 9.96. The molecule has 3 heteroatoms. The van der Waals surface area contributed by atoms with E-state index in [9.17, 15) is 0 Å². The monoisotopic (exact) mass is 423 g/mol. The molecule has 1 aliphatic rings. The summed E-state index contributed by atoms with van der Waals surface area (Å²) < 4.78 is 0. The zero-order valence-electron chi connectivity index (χ0n) is 18.0. The number of para-hydroxylation sites is 1. The summed E-state index contributed by atoms with van der Waals surface area (Å²) in [6, 6.07) is 43.1. The Labute approximate surface area is 192 Å². The van der Waals surface area contributed by atoms with Gasteiger partial charge in [0.05, 0.1) is 22.6 Å². The van der Waals surface area contributed by atoms with Gasteiger partial charge in [0.1, 0.15) is 0 Å². The predicted octanol–water partition coefficient (Wildman–Crippen LogP) is 6.43. The minimum atomic E-state index is -0.957. The summed E-state index contributed by atoms with van der Waals surface area (Å²) in [5, 5.41) is 1.10. The highest BCUT2D eigenvalue weighted by Gasteiger charge is 2.41. The number of nitrogens with zero attached hydrogens (tertiary/aromatic N) is 3. The van der Waals surface area contributed by atoms with Gasteiger partial charge in [0.2, 0.25) is 5.66 Å². The van der Waals surface area contributed by atoms with E-state index >= 15 is 0 Å². The summed E-state index contributed by atoms with van der Waals surface area (Å²) in [7, 11) is 0. The van der Waals surface area contributed by atoms with Crippen molar-refractivity contribution in [3.05, 3.63) is 150 Å². The van der Waals surface area contributed by atoms with Gasteiger partial charge >= 0.3 is 0 Å².